The second-order valence-corrected chi connectivity index (χ2v) is 7.45. The van der Waals surface area contributed by atoms with Crippen molar-refractivity contribution in [1.29, 1.82) is 0 Å². The molecular formula is C21H30N2O5. The molecule has 0 aromatic heterocycles. The Morgan fingerprint density at radius 3 is 2.82 bits per heavy atom. The number of ether oxygens (including phenoxy) is 3. The van der Waals surface area contributed by atoms with Crippen molar-refractivity contribution in [2.45, 2.75) is 45.3 Å². The van der Waals surface area contributed by atoms with Crippen LogP contribution in [0.25, 0.3) is 0 Å². The molecule has 2 heterocycles. The van der Waals surface area contributed by atoms with Gasteiger partial charge in [-0.1, -0.05) is 6.07 Å². The van der Waals surface area contributed by atoms with E-state index in [9.17, 15) is 9.59 Å². The number of carbonyl (C=O) groups excluding carboxylic acids is 2. The predicted octanol–water partition coefficient (Wildman–Crippen LogP) is 2.13. The van der Waals surface area contributed by atoms with Gasteiger partial charge in [0.05, 0.1) is 19.1 Å². The van der Waals surface area contributed by atoms with E-state index < -0.39 is 0 Å². The van der Waals surface area contributed by atoms with E-state index in [2.05, 4.69) is 5.32 Å². The molecule has 0 bridgehead atoms. The highest BCUT2D eigenvalue weighted by Gasteiger charge is 2.26. The standard InChI is InChI=1S/C21H30N2O5/c1-15(24)23-9-3-5-17(13-23)21(25)22-12-16-7-8-19(20(11-16)26-2)28-14-18-6-4-10-27-18/h7-8,11,17-18H,3-6,9-10,12-14H2,1-2H3,(H,22,25)/t17-,18+/m0/s1. The lowest BCUT2D eigenvalue weighted by Crippen LogP contribution is -2.44. The van der Waals surface area contributed by atoms with Crippen LogP contribution in [0, 0.1) is 5.92 Å². The summed E-state index contributed by atoms with van der Waals surface area (Å²) in [6.07, 6.45) is 3.93. The fourth-order valence-corrected chi connectivity index (χ4v) is 3.71. The normalized spacial score (nSPS) is 22.0. The third-order valence-corrected chi connectivity index (χ3v) is 5.38. The number of nitrogens with one attached hydrogen (secondary N) is 1. The number of hydrogen-bond acceptors (Lipinski definition) is 5. The highest BCUT2D eigenvalue weighted by Crippen LogP contribution is 2.29. The average molecular weight is 390 g/mol. The minimum absolute atomic E-state index is 0.0105. The summed E-state index contributed by atoms with van der Waals surface area (Å²) in [6.45, 7) is 4.52. The Bertz CT molecular complexity index is 687. The molecule has 0 radical (unpaired) electrons. The fraction of sp³-hybridized carbons (Fsp3) is 0.619. The Morgan fingerprint density at radius 2 is 2.11 bits per heavy atom. The second kappa shape index (κ2) is 9.78. The van der Waals surface area contributed by atoms with Gasteiger partial charge >= 0.3 is 0 Å². The summed E-state index contributed by atoms with van der Waals surface area (Å²) in [5.41, 5.74) is 0.939. The van der Waals surface area contributed by atoms with E-state index in [1.165, 1.54) is 0 Å². The maximum absolute atomic E-state index is 12.5. The third-order valence-electron chi connectivity index (χ3n) is 5.38. The Labute approximate surface area is 166 Å². The Kier molecular flexibility index (Phi) is 7.14. The molecule has 2 amide bonds. The predicted molar refractivity (Wildman–Crippen MR) is 104 cm³/mol. The van der Waals surface area contributed by atoms with Crippen LogP contribution in [-0.2, 0) is 20.9 Å². The quantitative estimate of drug-likeness (QED) is 0.772. The molecule has 1 N–H and O–H groups in total. The lowest BCUT2D eigenvalue weighted by molar-refractivity contribution is -0.134. The van der Waals surface area contributed by atoms with Gasteiger partial charge in [0.15, 0.2) is 11.5 Å². The van der Waals surface area contributed by atoms with E-state index in [-0.39, 0.29) is 23.8 Å². The Balaban J connectivity index is 1.52. The first-order valence-electron chi connectivity index (χ1n) is 10.0. The number of carbonyl (C=O) groups is 2. The van der Waals surface area contributed by atoms with Crippen LogP contribution in [-0.4, -0.2) is 56.2 Å². The first-order chi connectivity index (χ1) is 13.6. The van der Waals surface area contributed by atoms with E-state index in [1.54, 1.807) is 18.9 Å². The molecule has 1 aromatic carbocycles. The fourth-order valence-electron chi connectivity index (χ4n) is 3.71. The Hall–Kier alpha value is -2.28. The molecule has 2 fully saturated rings. The van der Waals surface area contributed by atoms with Crippen molar-refractivity contribution in [3.8, 4) is 11.5 Å². The number of nitrogens with zero attached hydrogens (tertiary/aromatic N) is 1. The molecule has 154 valence electrons. The van der Waals surface area contributed by atoms with Gasteiger partial charge in [-0.3, -0.25) is 9.59 Å². The lowest BCUT2D eigenvalue weighted by atomic mass is 9.97. The molecule has 0 saturated carbocycles. The van der Waals surface area contributed by atoms with Crippen molar-refractivity contribution in [1.82, 2.24) is 10.2 Å². The van der Waals surface area contributed by atoms with E-state index in [0.717, 1.165) is 44.4 Å². The highest BCUT2D eigenvalue weighted by molar-refractivity contribution is 5.80. The first-order valence-corrected chi connectivity index (χ1v) is 10.0. The van der Waals surface area contributed by atoms with Gasteiger partial charge in [0.25, 0.3) is 0 Å². The van der Waals surface area contributed by atoms with Gasteiger partial charge in [-0.25, -0.2) is 0 Å². The van der Waals surface area contributed by atoms with Gasteiger partial charge in [-0.15, -0.1) is 0 Å². The SMILES string of the molecule is COc1cc(CNC(=O)[C@H]2CCCN(C(C)=O)C2)ccc1OC[C@H]1CCCO1. The molecule has 2 atom stereocenters. The van der Waals surface area contributed by atoms with E-state index in [4.69, 9.17) is 14.2 Å². The highest BCUT2D eigenvalue weighted by atomic mass is 16.5. The number of amides is 2. The molecule has 7 nitrogen and oxygen atoms in total. The van der Waals surface area contributed by atoms with Gasteiger partial charge in [0.2, 0.25) is 11.8 Å². The van der Waals surface area contributed by atoms with Crippen LogP contribution < -0.4 is 14.8 Å². The molecule has 2 aliphatic heterocycles. The van der Waals surface area contributed by atoms with Crippen molar-refractivity contribution in [2.24, 2.45) is 5.92 Å². The monoisotopic (exact) mass is 390 g/mol. The van der Waals surface area contributed by atoms with Crippen LogP contribution in [0.5, 0.6) is 11.5 Å². The summed E-state index contributed by atoms with van der Waals surface area (Å²) in [7, 11) is 1.61. The van der Waals surface area contributed by atoms with Crippen LogP contribution >= 0.6 is 0 Å². The van der Waals surface area contributed by atoms with Crippen LogP contribution in [0.2, 0.25) is 0 Å². The molecule has 1 aromatic rings. The smallest absolute Gasteiger partial charge is 0.225 e. The third kappa shape index (κ3) is 5.38. The van der Waals surface area contributed by atoms with Crippen LogP contribution in [0.15, 0.2) is 18.2 Å². The summed E-state index contributed by atoms with van der Waals surface area (Å²) in [5.74, 6) is 1.20. The topological polar surface area (TPSA) is 77.1 Å². The van der Waals surface area contributed by atoms with Crippen molar-refractivity contribution < 1.29 is 23.8 Å². The summed E-state index contributed by atoms with van der Waals surface area (Å²) < 4.78 is 16.9. The largest absolute Gasteiger partial charge is 0.493 e. The maximum Gasteiger partial charge on any atom is 0.225 e. The number of benzene rings is 1. The van der Waals surface area contributed by atoms with Crippen LogP contribution in [0.4, 0.5) is 0 Å². The number of hydrogen-bond donors (Lipinski definition) is 1. The molecule has 0 spiro atoms. The van der Waals surface area contributed by atoms with E-state index in [1.807, 2.05) is 18.2 Å². The number of piperidine rings is 1. The minimum Gasteiger partial charge on any atom is -0.493 e. The van der Waals surface area contributed by atoms with Gasteiger partial charge in [0.1, 0.15) is 6.61 Å². The summed E-state index contributed by atoms with van der Waals surface area (Å²) in [5, 5.41) is 2.98. The maximum atomic E-state index is 12.5. The molecule has 0 unspecified atom stereocenters. The molecule has 2 saturated heterocycles. The minimum atomic E-state index is -0.145. The summed E-state index contributed by atoms with van der Waals surface area (Å²) in [6, 6.07) is 5.68. The zero-order valence-corrected chi connectivity index (χ0v) is 16.7. The second-order valence-electron chi connectivity index (χ2n) is 7.45. The number of rotatable bonds is 7. The van der Waals surface area contributed by atoms with Gasteiger partial charge in [0, 0.05) is 33.2 Å². The van der Waals surface area contributed by atoms with E-state index >= 15 is 0 Å². The zero-order valence-electron chi connectivity index (χ0n) is 16.7. The molecule has 2 aliphatic rings. The van der Waals surface area contributed by atoms with Crippen molar-refractivity contribution in [3.05, 3.63) is 23.8 Å². The lowest BCUT2D eigenvalue weighted by Gasteiger charge is -2.31. The summed E-state index contributed by atoms with van der Waals surface area (Å²) >= 11 is 0. The number of methoxy groups -OCH3 is 1. The van der Waals surface area contributed by atoms with Crippen molar-refractivity contribution in [3.63, 3.8) is 0 Å². The first kappa shape index (κ1) is 20.5. The van der Waals surface area contributed by atoms with Gasteiger partial charge < -0.3 is 24.4 Å². The molecule has 0 aliphatic carbocycles. The van der Waals surface area contributed by atoms with Gasteiger partial charge in [-0.05, 0) is 43.4 Å². The molecule has 28 heavy (non-hydrogen) atoms. The molecule has 3 rings (SSSR count). The van der Waals surface area contributed by atoms with Crippen LogP contribution in [0.3, 0.4) is 0 Å². The van der Waals surface area contributed by atoms with Gasteiger partial charge in [-0.2, -0.15) is 0 Å². The van der Waals surface area contributed by atoms with Crippen molar-refractivity contribution >= 4 is 11.8 Å². The molecular weight excluding hydrogens is 360 g/mol. The zero-order chi connectivity index (χ0) is 19.9. The molecule has 7 heteroatoms. The number of likely N-dealkylation sites (tertiary alicyclic amines) is 1. The Morgan fingerprint density at radius 1 is 1.25 bits per heavy atom. The van der Waals surface area contributed by atoms with Crippen molar-refractivity contribution in [2.75, 3.05) is 33.4 Å². The summed E-state index contributed by atoms with van der Waals surface area (Å²) in [4.78, 5) is 25.8. The van der Waals surface area contributed by atoms with Crippen LogP contribution in [0.1, 0.15) is 38.2 Å². The average Bonchev–Trinajstić information content (AvgIpc) is 3.24. The van der Waals surface area contributed by atoms with E-state index in [0.29, 0.717) is 31.2 Å².